The molecule has 4 rings (SSSR count). The Morgan fingerprint density at radius 2 is 1.81 bits per heavy atom. The first kappa shape index (κ1) is 21.1. The van der Waals surface area contributed by atoms with Crippen molar-refractivity contribution in [1.29, 1.82) is 0 Å². The SMILES string of the molecule is O=C1OCCc2ccccc2-c2cc(F)c(F)c(c2)NS(=O)(=O)c2cc1cc(Cl)c2O. The van der Waals surface area contributed by atoms with Crippen LogP contribution in [0.1, 0.15) is 15.9 Å². The van der Waals surface area contributed by atoms with E-state index in [1.807, 2.05) is 4.72 Å². The number of anilines is 1. The van der Waals surface area contributed by atoms with Gasteiger partial charge in [-0.15, -0.1) is 0 Å². The molecule has 3 aromatic carbocycles. The molecular weight excluding hydrogens is 452 g/mol. The number of phenolic OH excluding ortho intramolecular Hbond substituents is 1. The lowest BCUT2D eigenvalue weighted by molar-refractivity contribution is 0.0509. The zero-order valence-electron chi connectivity index (χ0n) is 15.7. The van der Waals surface area contributed by atoms with Crippen molar-refractivity contribution in [2.24, 2.45) is 0 Å². The highest BCUT2D eigenvalue weighted by molar-refractivity contribution is 7.92. The van der Waals surface area contributed by atoms with E-state index in [9.17, 15) is 27.1 Å². The van der Waals surface area contributed by atoms with Crippen molar-refractivity contribution < 1.29 is 31.8 Å². The number of nitrogens with one attached hydrogen (secondary N) is 1. The van der Waals surface area contributed by atoms with Crippen molar-refractivity contribution in [3.63, 3.8) is 0 Å². The fourth-order valence-electron chi connectivity index (χ4n) is 3.27. The molecule has 1 aliphatic heterocycles. The van der Waals surface area contributed by atoms with Crippen molar-refractivity contribution in [3.05, 3.63) is 76.3 Å². The molecule has 10 heteroatoms. The quantitative estimate of drug-likeness (QED) is 0.477. The van der Waals surface area contributed by atoms with E-state index in [4.69, 9.17) is 16.3 Å². The number of carbonyl (C=O) groups excluding carboxylic acids is 1. The number of rotatable bonds is 0. The van der Waals surface area contributed by atoms with Crippen LogP contribution in [0.25, 0.3) is 11.1 Å². The third-order valence-corrected chi connectivity index (χ3v) is 6.43. The summed E-state index contributed by atoms with van der Waals surface area (Å²) in [5.74, 6) is -4.39. The number of halogens is 3. The van der Waals surface area contributed by atoms with Crippen molar-refractivity contribution in [2.75, 3.05) is 11.3 Å². The van der Waals surface area contributed by atoms with E-state index >= 15 is 0 Å². The molecule has 0 radical (unpaired) electrons. The number of carbonyl (C=O) groups is 1. The Balaban J connectivity index is 1.97. The molecule has 1 heterocycles. The van der Waals surface area contributed by atoms with Gasteiger partial charge in [0.25, 0.3) is 10.0 Å². The Morgan fingerprint density at radius 3 is 2.58 bits per heavy atom. The Morgan fingerprint density at radius 1 is 1.06 bits per heavy atom. The van der Waals surface area contributed by atoms with Crippen LogP contribution >= 0.6 is 11.6 Å². The predicted octanol–water partition coefficient (Wildman–Crippen LogP) is 4.50. The number of aromatic hydroxyl groups is 1. The van der Waals surface area contributed by atoms with Crippen molar-refractivity contribution in [2.45, 2.75) is 11.3 Å². The first-order chi connectivity index (χ1) is 14.7. The molecule has 0 amide bonds. The molecule has 0 aliphatic carbocycles. The van der Waals surface area contributed by atoms with Crippen LogP contribution in [0.2, 0.25) is 5.02 Å². The molecule has 0 aromatic heterocycles. The van der Waals surface area contributed by atoms with Gasteiger partial charge in [-0.25, -0.2) is 22.0 Å². The monoisotopic (exact) mass is 465 g/mol. The summed E-state index contributed by atoms with van der Waals surface area (Å²) in [5, 5.41) is 9.72. The van der Waals surface area contributed by atoms with Crippen molar-refractivity contribution in [1.82, 2.24) is 0 Å². The van der Waals surface area contributed by atoms with Gasteiger partial charge in [0.2, 0.25) is 0 Å². The zero-order chi connectivity index (χ0) is 22.3. The van der Waals surface area contributed by atoms with Gasteiger partial charge in [0.05, 0.1) is 22.9 Å². The molecule has 0 saturated carbocycles. The number of hydrogen-bond acceptors (Lipinski definition) is 5. The summed E-state index contributed by atoms with van der Waals surface area (Å²) in [6.45, 7) is -0.0643. The predicted molar refractivity (Wildman–Crippen MR) is 110 cm³/mol. The van der Waals surface area contributed by atoms with Crippen LogP contribution in [-0.4, -0.2) is 26.1 Å². The molecule has 0 unspecified atom stereocenters. The molecule has 160 valence electrons. The summed E-state index contributed by atoms with van der Waals surface area (Å²) in [4.78, 5) is 11.6. The molecule has 6 nitrogen and oxygen atoms in total. The third kappa shape index (κ3) is 3.94. The van der Waals surface area contributed by atoms with Gasteiger partial charge in [-0.05, 0) is 41.0 Å². The van der Waals surface area contributed by atoms with Crippen LogP contribution in [0.15, 0.2) is 53.4 Å². The number of fused-ring (bicyclic) bond motifs is 6. The first-order valence-electron chi connectivity index (χ1n) is 8.97. The molecule has 0 fully saturated rings. The average molecular weight is 466 g/mol. The summed E-state index contributed by atoms with van der Waals surface area (Å²) in [6.07, 6.45) is 0.265. The molecule has 3 aromatic rings. The normalized spacial score (nSPS) is 15.3. The van der Waals surface area contributed by atoms with Crippen LogP contribution < -0.4 is 4.72 Å². The van der Waals surface area contributed by atoms with Gasteiger partial charge in [0, 0.05) is 6.42 Å². The van der Waals surface area contributed by atoms with Crippen molar-refractivity contribution in [3.8, 4) is 16.9 Å². The minimum atomic E-state index is -4.66. The Hall–Kier alpha value is -3.17. The number of esters is 1. The summed E-state index contributed by atoms with van der Waals surface area (Å²) in [5.41, 5.74) is 0.516. The van der Waals surface area contributed by atoms with Crippen LogP contribution in [0, 0.1) is 11.6 Å². The van der Waals surface area contributed by atoms with Gasteiger partial charge in [0.1, 0.15) is 4.90 Å². The highest BCUT2D eigenvalue weighted by Crippen LogP contribution is 2.36. The van der Waals surface area contributed by atoms with Crippen LogP contribution in [0.5, 0.6) is 5.75 Å². The topological polar surface area (TPSA) is 92.7 Å². The highest BCUT2D eigenvalue weighted by Gasteiger charge is 2.27. The minimum Gasteiger partial charge on any atom is -0.505 e. The Bertz CT molecular complexity index is 1330. The summed E-state index contributed by atoms with van der Waals surface area (Å²) < 4.78 is 61.7. The van der Waals surface area contributed by atoms with E-state index in [0.29, 0.717) is 11.1 Å². The Kier molecular flexibility index (Phi) is 5.32. The standard InChI is InChI=1S/C21H14ClF2NO5S/c22-15-7-13-10-18(20(15)26)31(28,29)25-17-9-12(8-16(23)19(17)24)14-4-2-1-3-11(14)5-6-30-21(13)27/h1-4,7-10,25-26H,5-6H2. The molecule has 4 bridgehead atoms. The summed E-state index contributed by atoms with van der Waals surface area (Å²) in [7, 11) is -4.66. The zero-order valence-corrected chi connectivity index (χ0v) is 17.2. The minimum absolute atomic E-state index is 0.0643. The second-order valence-electron chi connectivity index (χ2n) is 6.77. The van der Waals surface area contributed by atoms with Crippen molar-refractivity contribution >= 4 is 33.3 Å². The molecule has 0 atom stereocenters. The number of ether oxygens (including phenoxy) is 1. The maximum atomic E-state index is 14.5. The molecule has 2 N–H and O–H groups in total. The summed E-state index contributed by atoms with van der Waals surface area (Å²) >= 11 is 5.88. The van der Waals surface area contributed by atoms with E-state index in [-0.39, 0.29) is 24.2 Å². The third-order valence-electron chi connectivity index (χ3n) is 4.76. The average Bonchev–Trinajstić information content (AvgIpc) is 2.72. The molecule has 0 saturated heterocycles. The smallest absolute Gasteiger partial charge is 0.338 e. The number of sulfonamides is 1. The number of hydrogen-bond donors (Lipinski definition) is 2. The molecular formula is C21H14ClF2NO5S. The van der Waals surface area contributed by atoms with Crippen LogP contribution in [-0.2, 0) is 21.2 Å². The molecule has 0 spiro atoms. The second-order valence-corrected chi connectivity index (χ2v) is 8.83. The van der Waals surface area contributed by atoms with Gasteiger partial charge in [-0.3, -0.25) is 4.72 Å². The van der Waals surface area contributed by atoms with Crippen LogP contribution in [0.4, 0.5) is 14.5 Å². The van der Waals surface area contributed by atoms with Gasteiger partial charge in [-0.1, -0.05) is 35.9 Å². The lowest BCUT2D eigenvalue weighted by atomic mass is 9.97. The largest absolute Gasteiger partial charge is 0.505 e. The lowest BCUT2D eigenvalue weighted by Crippen LogP contribution is -2.17. The van der Waals surface area contributed by atoms with E-state index in [0.717, 1.165) is 24.3 Å². The van der Waals surface area contributed by atoms with Gasteiger partial charge in [-0.2, -0.15) is 0 Å². The van der Waals surface area contributed by atoms with Gasteiger partial charge in [0.15, 0.2) is 17.4 Å². The second kappa shape index (κ2) is 7.82. The van der Waals surface area contributed by atoms with E-state index in [1.54, 1.807) is 24.3 Å². The van der Waals surface area contributed by atoms with Gasteiger partial charge >= 0.3 is 5.97 Å². The number of phenols is 1. The fraction of sp³-hybridized carbons (Fsp3) is 0.0952. The van der Waals surface area contributed by atoms with Gasteiger partial charge < -0.3 is 9.84 Å². The maximum Gasteiger partial charge on any atom is 0.338 e. The van der Waals surface area contributed by atoms with E-state index in [2.05, 4.69) is 0 Å². The maximum absolute atomic E-state index is 14.5. The fourth-order valence-corrected chi connectivity index (χ4v) is 4.74. The molecule has 1 aliphatic rings. The lowest BCUT2D eigenvalue weighted by Gasteiger charge is -2.16. The highest BCUT2D eigenvalue weighted by atomic mass is 35.5. The van der Waals surface area contributed by atoms with E-state index in [1.165, 1.54) is 0 Å². The number of cyclic esters (lactones) is 1. The molecule has 31 heavy (non-hydrogen) atoms. The summed E-state index contributed by atoms with van der Waals surface area (Å²) in [6, 6.07) is 10.8. The number of benzene rings is 3. The van der Waals surface area contributed by atoms with Crippen LogP contribution in [0.3, 0.4) is 0 Å². The van der Waals surface area contributed by atoms with E-state index < -0.39 is 49.0 Å². The first-order valence-corrected chi connectivity index (χ1v) is 10.8. The Labute approximate surface area is 181 Å².